The van der Waals surface area contributed by atoms with Crippen molar-refractivity contribution < 1.29 is 4.55 Å². The van der Waals surface area contributed by atoms with Crippen LogP contribution in [0.25, 0.3) is 0 Å². The molecule has 2 aromatic rings. The summed E-state index contributed by atoms with van der Waals surface area (Å²) in [7, 11) is 0. The van der Waals surface area contributed by atoms with E-state index in [4.69, 9.17) is 11.6 Å². The molecule has 136 valence electrons. The average Bonchev–Trinajstić information content (AvgIpc) is 2.59. The van der Waals surface area contributed by atoms with E-state index < -0.39 is 15.6 Å². The van der Waals surface area contributed by atoms with Crippen LogP contribution in [-0.4, -0.2) is 8.76 Å². The highest BCUT2D eigenvalue weighted by molar-refractivity contribution is 7.95. The van der Waals surface area contributed by atoms with E-state index in [9.17, 15) is 4.55 Å². The number of halogens is 1. The number of rotatable bonds is 9. The number of hydrogen-bond acceptors (Lipinski definition) is 3. The van der Waals surface area contributed by atoms with Crippen molar-refractivity contribution in [3.05, 3.63) is 59.7 Å². The molecule has 3 nitrogen and oxygen atoms in total. The zero-order valence-corrected chi connectivity index (χ0v) is 16.7. The van der Waals surface area contributed by atoms with Crippen molar-refractivity contribution >= 4 is 34.3 Å². The van der Waals surface area contributed by atoms with Crippen molar-refractivity contribution in [3.63, 3.8) is 0 Å². The van der Waals surface area contributed by atoms with E-state index in [1.165, 1.54) is 18.4 Å². The third-order valence-electron chi connectivity index (χ3n) is 3.87. The predicted octanol–water partition coefficient (Wildman–Crippen LogP) is 5.69. The zero-order chi connectivity index (χ0) is 18.3. The van der Waals surface area contributed by atoms with Crippen LogP contribution in [-0.2, 0) is 24.3 Å². The summed E-state index contributed by atoms with van der Waals surface area (Å²) in [5.74, 6) is 0. The Morgan fingerprint density at radius 1 is 0.960 bits per heavy atom. The van der Waals surface area contributed by atoms with Crippen molar-refractivity contribution in [2.24, 2.45) is 0 Å². The smallest absolute Gasteiger partial charge is 0.217 e. The first-order valence-electron chi connectivity index (χ1n) is 8.67. The molecule has 0 saturated carbocycles. The molecule has 0 aliphatic heterocycles. The van der Waals surface area contributed by atoms with Gasteiger partial charge in [0.25, 0.3) is 0 Å². The van der Waals surface area contributed by atoms with Crippen molar-refractivity contribution in [2.45, 2.75) is 50.8 Å². The van der Waals surface area contributed by atoms with Gasteiger partial charge in [0.1, 0.15) is 0 Å². The van der Waals surface area contributed by atoms with Crippen LogP contribution < -0.4 is 10.0 Å². The molecule has 0 heterocycles. The molecular weight excluding hydrogens is 352 g/mol. The number of benzene rings is 2. The number of aryl methyl sites for hydroxylation is 1. The molecule has 1 atom stereocenters. The van der Waals surface area contributed by atoms with Crippen LogP contribution in [0, 0.1) is 0 Å². The number of hydrogen-bond donors (Lipinski definition) is 2. The number of nitrogens with one attached hydrogen (secondary N) is 2. The minimum Gasteiger partial charge on any atom is -0.592 e. The van der Waals surface area contributed by atoms with E-state index >= 15 is 0 Å². The van der Waals surface area contributed by atoms with E-state index in [0.29, 0.717) is 0 Å². The maximum Gasteiger partial charge on any atom is 0.217 e. The fourth-order valence-corrected chi connectivity index (χ4v) is 3.00. The second-order valence-electron chi connectivity index (χ2n) is 6.59. The fraction of sp³-hybridized carbons (Fsp3) is 0.400. The maximum absolute atomic E-state index is 12.0. The van der Waals surface area contributed by atoms with E-state index in [0.717, 1.165) is 29.9 Å². The Morgan fingerprint density at radius 2 is 1.52 bits per heavy atom. The molecule has 5 heteroatoms. The molecule has 0 saturated heterocycles. The predicted molar refractivity (Wildman–Crippen MR) is 111 cm³/mol. The van der Waals surface area contributed by atoms with Crippen LogP contribution in [0.5, 0.6) is 0 Å². The molecule has 2 aromatic carbocycles. The van der Waals surface area contributed by atoms with E-state index in [1.807, 2.05) is 24.3 Å². The van der Waals surface area contributed by atoms with Gasteiger partial charge < -0.3 is 9.87 Å². The average molecular weight is 379 g/mol. The summed E-state index contributed by atoms with van der Waals surface area (Å²) in [4.78, 5) is 0. The minimum atomic E-state index is -1.33. The number of unbranched alkanes of at least 4 members (excludes halogenated alkanes) is 1. The lowest BCUT2D eigenvalue weighted by atomic mass is 10.1. The standard InChI is InChI=1S/C20H27ClN2OS/c1-4-5-6-16-7-11-18(12-8-16)22-15-17-9-13-19(14-10-17)23-25(24)20(2,3)21/h7-14,22-23H,4-6,15H2,1-3H3. The second-order valence-corrected chi connectivity index (χ2v) is 9.52. The summed E-state index contributed by atoms with van der Waals surface area (Å²) < 4.78 is 14.1. The van der Waals surface area contributed by atoms with Gasteiger partial charge in [0.15, 0.2) is 0 Å². The first kappa shape index (κ1) is 20.0. The highest BCUT2D eigenvalue weighted by Gasteiger charge is 2.29. The Bertz CT molecular complexity index is 638. The quantitative estimate of drug-likeness (QED) is 0.435. The molecule has 1 unspecified atom stereocenters. The molecule has 2 rings (SSSR count). The van der Waals surface area contributed by atoms with Gasteiger partial charge in [-0.15, -0.1) is 0 Å². The van der Waals surface area contributed by atoms with Crippen LogP contribution in [0.4, 0.5) is 11.4 Å². The van der Waals surface area contributed by atoms with Crippen molar-refractivity contribution in [3.8, 4) is 0 Å². The van der Waals surface area contributed by atoms with Gasteiger partial charge in [-0.1, -0.05) is 49.2 Å². The van der Waals surface area contributed by atoms with Gasteiger partial charge in [-0.2, -0.15) is 0 Å². The molecule has 0 aromatic heterocycles. The molecule has 0 radical (unpaired) electrons. The third kappa shape index (κ3) is 6.81. The molecule has 2 N–H and O–H groups in total. The molecule has 0 amide bonds. The van der Waals surface area contributed by atoms with Crippen LogP contribution in [0.2, 0.25) is 0 Å². The van der Waals surface area contributed by atoms with Crippen molar-refractivity contribution in [2.75, 3.05) is 10.0 Å². The summed E-state index contributed by atoms with van der Waals surface area (Å²) in [6.45, 7) is 6.41. The summed E-state index contributed by atoms with van der Waals surface area (Å²) in [6.07, 6.45) is 3.60. The lowest BCUT2D eigenvalue weighted by Crippen LogP contribution is -2.31. The van der Waals surface area contributed by atoms with E-state index in [-0.39, 0.29) is 0 Å². The van der Waals surface area contributed by atoms with Gasteiger partial charge in [0.2, 0.25) is 4.21 Å². The highest BCUT2D eigenvalue weighted by Crippen LogP contribution is 2.24. The van der Waals surface area contributed by atoms with E-state index in [2.05, 4.69) is 41.2 Å². The van der Waals surface area contributed by atoms with Crippen molar-refractivity contribution in [1.82, 2.24) is 0 Å². The Labute approximate surface area is 159 Å². The molecule has 0 aliphatic rings. The minimum absolute atomic E-state index is 0.749. The Kier molecular flexibility index (Phi) is 7.48. The highest BCUT2D eigenvalue weighted by atomic mass is 35.5. The van der Waals surface area contributed by atoms with Crippen molar-refractivity contribution in [1.29, 1.82) is 0 Å². The Morgan fingerprint density at radius 3 is 2.08 bits per heavy atom. The molecule has 0 aliphatic carbocycles. The molecule has 0 bridgehead atoms. The lowest BCUT2D eigenvalue weighted by Gasteiger charge is -2.21. The monoisotopic (exact) mass is 378 g/mol. The lowest BCUT2D eigenvalue weighted by molar-refractivity contribution is 0.585. The second kappa shape index (κ2) is 9.37. The summed E-state index contributed by atoms with van der Waals surface area (Å²) in [6, 6.07) is 16.5. The van der Waals surface area contributed by atoms with Gasteiger partial charge in [-0.05, 0) is 48.2 Å². The van der Waals surface area contributed by atoms with Crippen LogP contribution in [0.3, 0.4) is 0 Å². The van der Waals surface area contributed by atoms with Gasteiger partial charge >= 0.3 is 0 Å². The Hall–Kier alpha value is -1.36. The molecule has 0 fully saturated rings. The zero-order valence-electron chi connectivity index (χ0n) is 15.1. The van der Waals surface area contributed by atoms with Crippen LogP contribution in [0.15, 0.2) is 48.5 Å². The van der Waals surface area contributed by atoms with Gasteiger partial charge in [0, 0.05) is 26.1 Å². The number of anilines is 2. The summed E-state index contributed by atoms with van der Waals surface area (Å²) in [5, 5.41) is 3.43. The molecular formula is C20H27ClN2OS. The van der Waals surface area contributed by atoms with E-state index in [1.54, 1.807) is 13.8 Å². The largest absolute Gasteiger partial charge is 0.592 e. The van der Waals surface area contributed by atoms with Gasteiger partial charge in [-0.3, -0.25) is 0 Å². The first-order chi connectivity index (χ1) is 11.9. The summed E-state index contributed by atoms with van der Waals surface area (Å²) >= 11 is 4.72. The molecule has 0 spiro atoms. The summed E-state index contributed by atoms with van der Waals surface area (Å²) in [5.41, 5.74) is 4.47. The third-order valence-corrected chi connectivity index (χ3v) is 5.60. The normalized spacial score (nSPS) is 12.7. The number of alkyl halides is 1. The van der Waals surface area contributed by atoms with Gasteiger partial charge in [-0.25, -0.2) is 4.72 Å². The Balaban J connectivity index is 1.85. The van der Waals surface area contributed by atoms with Crippen LogP contribution in [0.1, 0.15) is 44.7 Å². The molecule has 25 heavy (non-hydrogen) atoms. The van der Waals surface area contributed by atoms with Gasteiger partial charge in [0.05, 0.1) is 17.0 Å². The fourth-order valence-electron chi connectivity index (χ4n) is 2.29. The topological polar surface area (TPSA) is 47.1 Å². The SMILES string of the molecule is CCCCc1ccc(NCc2ccc(N[S+]([O-])C(C)(C)Cl)cc2)cc1. The maximum atomic E-state index is 12.0. The van der Waals surface area contributed by atoms with Crippen LogP contribution >= 0.6 is 11.6 Å². The first-order valence-corrected chi connectivity index (χ1v) is 10.2.